The lowest BCUT2D eigenvalue weighted by molar-refractivity contribution is 0.424. The van der Waals surface area contributed by atoms with E-state index in [1.54, 1.807) is 0 Å². The van der Waals surface area contributed by atoms with Crippen LogP contribution in [-0.2, 0) is 13.6 Å². The van der Waals surface area contributed by atoms with E-state index in [4.69, 9.17) is 0 Å². The second-order valence-corrected chi connectivity index (χ2v) is 6.15. The second kappa shape index (κ2) is 5.17. The van der Waals surface area contributed by atoms with E-state index in [2.05, 4.69) is 68.6 Å². The summed E-state index contributed by atoms with van der Waals surface area (Å²) < 4.78 is 1.88. The minimum Gasteiger partial charge on any atom is -0.308 e. The van der Waals surface area contributed by atoms with Crippen molar-refractivity contribution in [2.75, 3.05) is 0 Å². The van der Waals surface area contributed by atoms with Gasteiger partial charge in [0.15, 0.2) is 0 Å². The molecule has 0 aliphatic rings. The van der Waals surface area contributed by atoms with Crippen LogP contribution >= 0.6 is 0 Å². The van der Waals surface area contributed by atoms with Gasteiger partial charge in [-0.25, -0.2) is 0 Å². The Morgan fingerprint density at radius 1 is 1.16 bits per heavy atom. The molecular weight excluding hydrogens is 234 g/mol. The molecule has 2 aromatic rings. The van der Waals surface area contributed by atoms with Crippen molar-refractivity contribution in [2.24, 2.45) is 7.05 Å². The molecule has 0 atom stereocenters. The van der Waals surface area contributed by atoms with Crippen molar-refractivity contribution in [2.45, 2.75) is 39.8 Å². The molecule has 2 rings (SSSR count). The van der Waals surface area contributed by atoms with Crippen LogP contribution < -0.4 is 5.32 Å². The summed E-state index contributed by atoms with van der Waals surface area (Å²) in [7, 11) is 1.97. The van der Waals surface area contributed by atoms with Crippen LogP contribution in [0.1, 0.15) is 31.9 Å². The molecule has 0 saturated heterocycles. The smallest absolute Gasteiger partial charge is 0.0967 e. The summed E-state index contributed by atoms with van der Waals surface area (Å²) in [5.41, 5.74) is 4.87. The van der Waals surface area contributed by atoms with E-state index >= 15 is 0 Å². The Morgan fingerprint density at radius 2 is 1.79 bits per heavy atom. The van der Waals surface area contributed by atoms with Crippen molar-refractivity contribution < 1.29 is 0 Å². The predicted molar refractivity (Wildman–Crippen MR) is 80.0 cm³/mol. The van der Waals surface area contributed by atoms with Crippen LogP contribution in [0.15, 0.2) is 30.5 Å². The number of aryl methyl sites for hydroxylation is 2. The third-order valence-electron chi connectivity index (χ3n) is 3.04. The van der Waals surface area contributed by atoms with E-state index in [0.29, 0.717) is 0 Å². The lowest BCUT2D eigenvalue weighted by atomic mass is 10.0. The Labute approximate surface area is 115 Å². The van der Waals surface area contributed by atoms with Gasteiger partial charge in [-0.2, -0.15) is 5.10 Å². The van der Waals surface area contributed by atoms with Crippen molar-refractivity contribution >= 4 is 0 Å². The summed E-state index contributed by atoms with van der Waals surface area (Å²) >= 11 is 0. The van der Waals surface area contributed by atoms with E-state index < -0.39 is 0 Å². The van der Waals surface area contributed by atoms with E-state index in [0.717, 1.165) is 12.2 Å². The van der Waals surface area contributed by atoms with Crippen molar-refractivity contribution in [3.05, 3.63) is 41.6 Å². The van der Waals surface area contributed by atoms with E-state index in [-0.39, 0.29) is 5.54 Å². The zero-order valence-corrected chi connectivity index (χ0v) is 12.5. The largest absolute Gasteiger partial charge is 0.308 e. The fraction of sp³-hybridized carbons (Fsp3) is 0.438. The van der Waals surface area contributed by atoms with Crippen LogP contribution in [0.2, 0.25) is 0 Å². The Morgan fingerprint density at radius 3 is 2.37 bits per heavy atom. The highest BCUT2D eigenvalue weighted by molar-refractivity contribution is 5.63. The standard InChI is InChI=1S/C16H23N3/c1-12-6-8-13(9-7-12)15-14(11-19(5)18-15)10-17-16(2,3)4/h6-9,11,17H,10H2,1-5H3. The zero-order valence-electron chi connectivity index (χ0n) is 12.5. The van der Waals surface area contributed by atoms with Gasteiger partial charge in [0, 0.05) is 36.5 Å². The molecule has 1 N–H and O–H groups in total. The predicted octanol–water partition coefficient (Wildman–Crippen LogP) is 3.28. The summed E-state index contributed by atoms with van der Waals surface area (Å²) in [5.74, 6) is 0. The average Bonchev–Trinajstić information content (AvgIpc) is 2.68. The van der Waals surface area contributed by atoms with Crippen molar-refractivity contribution in [1.29, 1.82) is 0 Å². The lowest BCUT2D eigenvalue weighted by Gasteiger charge is -2.20. The van der Waals surface area contributed by atoms with Gasteiger partial charge in [0.25, 0.3) is 0 Å². The molecule has 0 spiro atoms. The molecule has 0 amide bonds. The Balaban J connectivity index is 2.28. The van der Waals surface area contributed by atoms with Crippen molar-refractivity contribution in [1.82, 2.24) is 15.1 Å². The molecule has 19 heavy (non-hydrogen) atoms. The molecule has 1 aromatic heterocycles. The number of nitrogens with one attached hydrogen (secondary N) is 1. The Kier molecular flexibility index (Phi) is 3.76. The highest BCUT2D eigenvalue weighted by Crippen LogP contribution is 2.22. The van der Waals surface area contributed by atoms with Gasteiger partial charge in [0.1, 0.15) is 0 Å². The maximum Gasteiger partial charge on any atom is 0.0967 e. The normalized spacial score (nSPS) is 11.8. The molecule has 0 bridgehead atoms. The molecular formula is C16H23N3. The molecule has 102 valence electrons. The number of nitrogens with zero attached hydrogens (tertiary/aromatic N) is 2. The summed E-state index contributed by atoms with van der Waals surface area (Å²) in [6, 6.07) is 8.53. The van der Waals surface area contributed by atoms with Gasteiger partial charge in [-0.05, 0) is 27.7 Å². The first-order chi connectivity index (χ1) is 8.85. The lowest BCUT2D eigenvalue weighted by Crippen LogP contribution is -2.35. The fourth-order valence-corrected chi connectivity index (χ4v) is 1.98. The highest BCUT2D eigenvalue weighted by Gasteiger charge is 2.13. The minimum atomic E-state index is 0.111. The first kappa shape index (κ1) is 13.8. The molecule has 0 saturated carbocycles. The molecule has 3 heteroatoms. The SMILES string of the molecule is Cc1ccc(-c2nn(C)cc2CNC(C)(C)C)cc1. The van der Waals surface area contributed by atoms with Gasteiger partial charge >= 0.3 is 0 Å². The van der Waals surface area contributed by atoms with E-state index in [1.165, 1.54) is 16.7 Å². The summed E-state index contributed by atoms with van der Waals surface area (Å²) in [6.07, 6.45) is 2.09. The topological polar surface area (TPSA) is 29.9 Å². The highest BCUT2D eigenvalue weighted by atomic mass is 15.3. The summed E-state index contributed by atoms with van der Waals surface area (Å²) in [4.78, 5) is 0. The number of benzene rings is 1. The molecule has 1 aromatic carbocycles. The third-order valence-corrected chi connectivity index (χ3v) is 3.04. The molecule has 0 aliphatic heterocycles. The number of hydrogen-bond donors (Lipinski definition) is 1. The zero-order chi connectivity index (χ0) is 14.0. The number of aromatic nitrogens is 2. The van der Waals surface area contributed by atoms with Crippen molar-refractivity contribution in [3.8, 4) is 11.3 Å². The van der Waals surface area contributed by atoms with Crippen LogP contribution in [0.25, 0.3) is 11.3 Å². The van der Waals surface area contributed by atoms with Gasteiger partial charge in [-0.15, -0.1) is 0 Å². The van der Waals surface area contributed by atoms with Gasteiger partial charge in [0.05, 0.1) is 5.69 Å². The van der Waals surface area contributed by atoms with Crippen LogP contribution in [-0.4, -0.2) is 15.3 Å². The Bertz CT molecular complexity index is 544. The van der Waals surface area contributed by atoms with Crippen molar-refractivity contribution in [3.63, 3.8) is 0 Å². The molecule has 1 heterocycles. The molecule has 3 nitrogen and oxygen atoms in total. The van der Waals surface area contributed by atoms with Gasteiger partial charge in [0.2, 0.25) is 0 Å². The van der Waals surface area contributed by atoms with Gasteiger partial charge in [-0.3, -0.25) is 4.68 Å². The first-order valence-corrected chi connectivity index (χ1v) is 6.70. The first-order valence-electron chi connectivity index (χ1n) is 6.70. The van der Waals surface area contributed by atoms with Crippen LogP contribution in [0.5, 0.6) is 0 Å². The van der Waals surface area contributed by atoms with Crippen LogP contribution in [0, 0.1) is 6.92 Å². The number of rotatable bonds is 3. The maximum absolute atomic E-state index is 4.59. The molecule has 0 radical (unpaired) electrons. The summed E-state index contributed by atoms with van der Waals surface area (Å²) in [5, 5.41) is 8.11. The number of hydrogen-bond acceptors (Lipinski definition) is 2. The molecule has 0 fully saturated rings. The minimum absolute atomic E-state index is 0.111. The molecule has 0 unspecified atom stereocenters. The second-order valence-electron chi connectivity index (χ2n) is 6.15. The fourth-order valence-electron chi connectivity index (χ4n) is 1.98. The van der Waals surface area contributed by atoms with E-state index in [9.17, 15) is 0 Å². The average molecular weight is 257 g/mol. The molecule has 0 aliphatic carbocycles. The van der Waals surface area contributed by atoms with Gasteiger partial charge in [-0.1, -0.05) is 29.8 Å². The van der Waals surface area contributed by atoms with E-state index in [1.807, 2.05) is 11.7 Å². The van der Waals surface area contributed by atoms with Crippen LogP contribution in [0.3, 0.4) is 0 Å². The monoisotopic (exact) mass is 257 g/mol. The van der Waals surface area contributed by atoms with Gasteiger partial charge < -0.3 is 5.32 Å². The quantitative estimate of drug-likeness (QED) is 0.914. The summed E-state index contributed by atoms with van der Waals surface area (Å²) in [6.45, 7) is 9.46. The maximum atomic E-state index is 4.59. The van der Waals surface area contributed by atoms with Crippen LogP contribution in [0.4, 0.5) is 0 Å². The third kappa shape index (κ3) is 3.67. The Hall–Kier alpha value is -1.61.